The molecule has 1 heteroatoms. The van der Waals surface area contributed by atoms with Crippen molar-refractivity contribution in [3.8, 4) is 0 Å². The highest BCUT2D eigenvalue weighted by atomic mass is 15.2. The minimum Gasteiger partial charge on any atom is -0.298 e. The maximum atomic E-state index is 2.76. The third-order valence-corrected chi connectivity index (χ3v) is 4.17. The maximum Gasteiger partial charge on any atom is 0.0113 e. The third kappa shape index (κ3) is 2.31. The molecule has 0 radical (unpaired) electrons. The SMILES string of the molecule is CCN1C2CCCCCCCCC1C2. The summed E-state index contributed by atoms with van der Waals surface area (Å²) in [7, 11) is 0. The molecule has 0 spiro atoms. The van der Waals surface area contributed by atoms with Crippen LogP contribution in [0.4, 0.5) is 0 Å². The molecule has 1 nitrogen and oxygen atoms in total. The molecule has 0 N–H and O–H groups in total. The van der Waals surface area contributed by atoms with Crippen molar-refractivity contribution in [3.05, 3.63) is 0 Å². The normalized spacial score (nSPS) is 35.8. The van der Waals surface area contributed by atoms with Gasteiger partial charge in [0.1, 0.15) is 0 Å². The summed E-state index contributed by atoms with van der Waals surface area (Å²) < 4.78 is 0. The zero-order valence-corrected chi connectivity index (χ0v) is 9.67. The van der Waals surface area contributed by atoms with Crippen molar-refractivity contribution in [2.45, 2.75) is 76.8 Å². The molecule has 0 amide bonds. The Morgan fingerprint density at radius 3 is 1.86 bits per heavy atom. The molecular weight excluding hydrogens is 170 g/mol. The van der Waals surface area contributed by atoms with Gasteiger partial charge < -0.3 is 0 Å². The van der Waals surface area contributed by atoms with E-state index >= 15 is 0 Å². The number of hydrogen-bond donors (Lipinski definition) is 0. The fraction of sp³-hybridized carbons (Fsp3) is 1.00. The predicted octanol–water partition coefficient (Wildman–Crippen LogP) is 3.58. The van der Waals surface area contributed by atoms with Crippen molar-refractivity contribution in [2.75, 3.05) is 6.54 Å². The lowest BCUT2D eigenvalue weighted by atomic mass is 9.86. The fourth-order valence-corrected chi connectivity index (χ4v) is 3.30. The van der Waals surface area contributed by atoms with Crippen molar-refractivity contribution in [3.63, 3.8) is 0 Å². The van der Waals surface area contributed by atoms with Gasteiger partial charge in [-0.15, -0.1) is 0 Å². The van der Waals surface area contributed by atoms with Gasteiger partial charge in [0.15, 0.2) is 0 Å². The highest BCUT2D eigenvalue weighted by molar-refractivity contribution is 4.91. The summed E-state index contributed by atoms with van der Waals surface area (Å²) in [6, 6.07) is 1.92. The number of hydrogen-bond acceptors (Lipinski definition) is 1. The average molecular weight is 195 g/mol. The molecule has 0 aromatic heterocycles. The van der Waals surface area contributed by atoms with E-state index in [0.29, 0.717) is 0 Å². The van der Waals surface area contributed by atoms with E-state index in [2.05, 4.69) is 11.8 Å². The van der Waals surface area contributed by atoms with E-state index in [1.54, 1.807) is 0 Å². The lowest BCUT2D eigenvalue weighted by Crippen LogP contribution is -2.55. The Kier molecular flexibility index (Phi) is 3.86. The van der Waals surface area contributed by atoms with Crippen LogP contribution in [0.3, 0.4) is 0 Å². The van der Waals surface area contributed by atoms with Crippen LogP contribution >= 0.6 is 0 Å². The molecule has 2 unspecified atom stereocenters. The number of fused-ring (bicyclic) bond motifs is 7. The second kappa shape index (κ2) is 5.16. The van der Waals surface area contributed by atoms with E-state index < -0.39 is 0 Å². The van der Waals surface area contributed by atoms with Crippen molar-refractivity contribution < 1.29 is 0 Å². The minimum atomic E-state index is 0.961. The molecule has 2 heterocycles. The Labute approximate surface area is 88.9 Å². The lowest BCUT2D eigenvalue weighted by molar-refractivity contribution is 0.00893. The van der Waals surface area contributed by atoms with Gasteiger partial charge in [-0.2, -0.15) is 0 Å². The fourth-order valence-electron chi connectivity index (χ4n) is 3.30. The van der Waals surface area contributed by atoms with Crippen LogP contribution < -0.4 is 0 Å². The Hall–Kier alpha value is -0.0400. The largest absolute Gasteiger partial charge is 0.298 e. The van der Waals surface area contributed by atoms with Gasteiger partial charge in [-0.3, -0.25) is 4.90 Å². The molecule has 2 aliphatic heterocycles. The Balaban J connectivity index is 1.84. The van der Waals surface area contributed by atoms with Crippen LogP contribution in [0.25, 0.3) is 0 Å². The van der Waals surface area contributed by atoms with Crippen LogP contribution in [0, 0.1) is 0 Å². The molecule has 0 aromatic carbocycles. The van der Waals surface area contributed by atoms with E-state index in [4.69, 9.17) is 0 Å². The second-order valence-corrected chi connectivity index (χ2v) is 5.07. The van der Waals surface area contributed by atoms with Crippen LogP contribution in [0.1, 0.15) is 64.7 Å². The summed E-state index contributed by atoms with van der Waals surface area (Å²) >= 11 is 0. The first-order valence-corrected chi connectivity index (χ1v) is 6.67. The highest BCUT2D eigenvalue weighted by Crippen LogP contribution is 2.33. The molecule has 2 bridgehead atoms. The van der Waals surface area contributed by atoms with E-state index in [9.17, 15) is 0 Å². The first-order valence-electron chi connectivity index (χ1n) is 6.67. The van der Waals surface area contributed by atoms with Crippen LogP contribution in [-0.2, 0) is 0 Å². The molecule has 3 aliphatic rings. The standard InChI is InChI=1S/C13H25N/c1-2-14-12-9-7-5-3-4-6-8-10-13(14)11-12/h12-13H,2-11H2,1H3. The lowest BCUT2D eigenvalue weighted by Gasteiger charge is -2.49. The summed E-state index contributed by atoms with van der Waals surface area (Å²) in [4.78, 5) is 2.76. The summed E-state index contributed by atoms with van der Waals surface area (Å²) in [6.45, 7) is 3.62. The van der Waals surface area contributed by atoms with Gasteiger partial charge in [0.25, 0.3) is 0 Å². The zero-order chi connectivity index (χ0) is 9.80. The molecular formula is C13H25N. The van der Waals surface area contributed by atoms with Crippen LogP contribution in [0.15, 0.2) is 0 Å². The van der Waals surface area contributed by atoms with E-state index in [1.807, 2.05) is 0 Å². The van der Waals surface area contributed by atoms with Gasteiger partial charge in [-0.1, -0.05) is 45.4 Å². The maximum absolute atomic E-state index is 2.76. The highest BCUT2D eigenvalue weighted by Gasteiger charge is 2.35. The molecule has 3 fully saturated rings. The quantitative estimate of drug-likeness (QED) is 0.618. The van der Waals surface area contributed by atoms with Crippen molar-refractivity contribution in [1.82, 2.24) is 4.90 Å². The van der Waals surface area contributed by atoms with Gasteiger partial charge in [0, 0.05) is 12.1 Å². The number of rotatable bonds is 1. The zero-order valence-electron chi connectivity index (χ0n) is 9.67. The topological polar surface area (TPSA) is 3.24 Å². The summed E-state index contributed by atoms with van der Waals surface area (Å²) in [5.74, 6) is 0. The van der Waals surface area contributed by atoms with Crippen LogP contribution in [-0.4, -0.2) is 23.5 Å². The first kappa shape index (κ1) is 10.5. The van der Waals surface area contributed by atoms with Crippen LogP contribution in [0.5, 0.6) is 0 Å². The van der Waals surface area contributed by atoms with Gasteiger partial charge in [-0.25, -0.2) is 0 Å². The smallest absolute Gasteiger partial charge is 0.0113 e. The predicted molar refractivity (Wildman–Crippen MR) is 61.5 cm³/mol. The van der Waals surface area contributed by atoms with E-state index in [1.165, 1.54) is 64.3 Å². The molecule has 3 rings (SSSR count). The van der Waals surface area contributed by atoms with E-state index in [-0.39, 0.29) is 0 Å². The second-order valence-electron chi connectivity index (χ2n) is 5.07. The molecule has 2 saturated heterocycles. The van der Waals surface area contributed by atoms with Crippen LogP contribution in [0.2, 0.25) is 0 Å². The number of nitrogens with zero attached hydrogens (tertiary/aromatic N) is 1. The summed E-state index contributed by atoms with van der Waals surface area (Å²) in [5.41, 5.74) is 0. The third-order valence-electron chi connectivity index (χ3n) is 4.17. The Morgan fingerprint density at radius 2 is 1.36 bits per heavy atom. The Morgan fingerprint density at radius 1 is 0.857 bits per heavy atom. The van der Waals surface area contributed by atoms with E-state index in [0.717, 1.165) is 12.1 Å². The molecule has 1 saturated carbocycles. The minimum absolute atomic E-state index is 0.961. The molecule has 1 aliphatic carbocycles. The molecule has 14 heavy (non-hydrogen) atoms. The van der Waals surface area contributed by atoms with Crippen molar-refractivity contribution >= 4 is 0 Å². The average Bonchev–Trinajstić information content (AvgIpc) is 2.23. The van der Waals surface area contributed by atoms with Crippen molar-refractivity contribution in [1.29, 1.82) is 0 Å². The Bertz CT molecular complexity index is 147. The molecule has 2 atom stereocenters. The van der Waals surface area contributed by atoms with Gasteiger partial charge in [-0.05, 0) is 25.8 Å². The van der Waals surface area contributed by atoms with Gasteiger partial charge in [0.2, 0.25) is 0 Å². The molecule has 0 aromatic rings. The first-order chi connectivity index (χ1) is 6.92. The molecule has 82 valence electrons. The van der Waals surface area contributed by atoms with Gasteiger partial charge in [0.05, 0.1) is 0 Å². The summed E-state index contributed by atoms with van der Waals surface area (Å²) in [6.07, 6.45) is 13.4. The van der Waals surface area contributed by atoms with Gasteiger partial charge >= 0.3 is 0 Å². The van der Waals surface area contributed by atoms with Crippen molar-refractivity contribution in [2.24, 2.45) is 0 Å². The monoisotopic (exact) mass is 195 g/mol. The summed E-state index contributed by atoms with van der Waals surface area (Å²) in [5, 5.41) is 0.